The molecule has 80 valence electrons. The lowest BCUT2D eigenvalue weighted by atomic mass is 9.76. The first kappa shape index (κ1) is 9.89. The molecule has 0 nitrogen and oxygen atoms in total. The van der Waals surface area contributed by atoms with Crippen LogP contribution < -0.4 is 0 Å². The molecule has 1 aromatic carbocycles. The Hall–Kier alpha value is -0.300. The monoisotopic (exact) mass is 264 g/mol. The van der Waals surface area contributed by atoms with Gasteiger partial charge in [0.2, 0.25) is 0 Å². The lowest BCUT2D eigenvalue weighted by Gasteiger charge is -2.29. The van der Waals surface area contributed by atoms with E-state index in [0.29, 0.717) is 4.83 Å². The molecule has 0 amide bonds. The largest absolute Gasteiger partial charge is 0.0836 e. The van der Waals surface area contributed by atoms with E-state index in [4.69, 9.17) is 0 Å². The zero-order valence-corrected chi connectivity index (χ0v) is 10.9. The number of benzene rings is 1. The first-order chi connectivity index (χ1) is 7.20. The van der Waals surface area contributed by atoms with Gasteiger partial charge in [0.1, 0.15) is 0 Å². The normalized spacial score (nSPS) is 37.8. The van der Waals surface area contributed by atoms with Gasteiger partial charge in [0.25, 0.3) is 0 Å². The van der Waals surface area contributed by atoms with Crippen molar-refractivity contribution in [2.45, 2.75) is 43.4 Å². The zero-order valence-electron chi connectivity index (χ0n) is 9.33. The highest BCUT2D eigenvalue weighted by Gasteiger charge is 2.40. The van der Waals surface area contributed by atoms with Crippen molar-refractivity contribution in [2.75, 3.05) is 0 Å². The van der Waals surface area contributed by atoms with Gasteiger partial charge in [-0.2, -0.15) is 0 Å². The number of rotatable bonds is 0. The Balaban J connectivity index is 2.22. The van der Waals surface area contributed by atoms with Crippen LogP contribution in [0.2, 0.25) is 0 Å². The van der Waals surface area contributed by atoms with Crippen LogP contribution in [0.4, 0.5) is 0 Å². The van der Waals surface area contributed by atoms with Gasteiger partial charge < -0.3 is 0 Å². The van der Waals surface area contributed by atoms with Gasteiger partial charge in [-0.3, -0.25) is 0 Å². The van der Waals surface area contributed by atoms with Crippen LogP contribution >= 0.6 is 15.9 Å². The second kappa shape index (κ2) is 3.35. The molecule has 1 heteroatoms. The Kier molecular flexibility index (Phi) is 2.21. The lowest BCUT2D eigenvalue weighted by Crippen LogP contribution is -2.13. The summed E-state index contributed by atoms with van der Waals surface area (Å²) >= 11 is 3.87. The molecule has 3 rings (SSSR count). The molecule has 15 heavy (non-hydrogen) atoms. The van der Waals surface area contributed by atoms with Crippen LogP contribution in [0.1, 0.15) is 60.0 Å². The van der Waals surface area contributed by atoms with Crippen molar-refractivity contribution < 1.29 is 0 Å². The standard InChI is InChI=1S/C14H17Br/c1-8-6-7-11-9(2)14(15)12-5-3-4-10(8)13(11)12/h3-5,8-9,11,14H,6-7H2,1-2H3. The summed E-state index contributed by atoms with van der Waals surface area (Å²) in [6.45, 7) is 4.77. The van der Waals surface area contributed by atoms with Crippen LogP contribution in [0.3, 0.4) is 0 Å². The van der Waals surface area contributed by atoms with Gasteiger partial charge >= 0.3 is 0 Å². The highest BCUT2D eigenvalue weighted by atomic mass is 79.9. The van der Waals surface area contributed by atoms with Crippen molar-refractivity contribution in [3.63, 3.8) is 0 Å². The van der Waals surface area contributed by atoms with Crippen molar-refractivity contribution in [3.05, 3.63) is 34.9 Å². The van der Waals surface area contributed by atoms with Crippen LogP contribution in [0.5, 0.6) is 0 Å². The maximum Gasteiger partial charge on any atom is 0.0429 e. The fourth-order valence-electron chi connectivity index (χ4n) is 3.44. The molecule has 0 saturated heterocycles. The molecule has 4 atom stereocenters. The molecule has 2 aliphatic rings. The van der Waals surface area contributed by atoms with E-state index in [1.54, 1.807) is 16.7 Å². The van der Waals surface area contributed by atoms with Gasteiger partial charge in [-0.15, -0.1) is 0 Å². The fourth-order valence-corrected chi connectivity index (χ4v) is 4.21. The molecular formula is C14H17Br. The molecule has 1 aromatic rings. The third-order valence-corrected chi connectivity index (χ3v) is 5.71. The SMILES string of the molecule is CC1CCC2c3c1cccc3C(Br)C2C. The molecule has 0 bridgehead atoms. The summed E-state index contributed by atoms with van der Waals surface area (Å²) in [5.41, 5.74) is 4.87. The average molecular weight is 265 g/mol. The van der Waals surface area contributed by atoms with E-state index < -0.39 is 0 Å². The Morgan fingerprint density at radius 3 is 2.67 bits per heavy atom. The second-order valence-corrected chi connectivity index (χ2v) is 6.18. The topological polar surface area (TPSA) is 0 Å². The van der Waals surface area contributed by atoms with E-state index in [1.807, 2.05) is 0 Å². The molecule has 0 saturated carbocycles. The van der Waals surface area contributed by atoms with E-state index in [1.165, 1.54) is 12.8 Å². The van der Waals surface area contributed by atoms with E-state index in [2.05, 4.69) is 48.0 Å². The van der Waals surface area contributed by atoms with Crippen molar-refractivity contribution in [1.29, 1.82) is 0 Å². The molecule has 4 unspecified atom stereocenters. The van der Waals surface area contributed by atoms with Crippen molar-refractivity contribution in [2.24, 2.45) is 5.92 Å². The second-order valence-electron chi connectivity index (χ2n) is 5.20. The number of hydrogen-bond acceptors (Lipinski definition) is 0. The minimum atomic E-state index is 0.586. The highest BCUT2D eigenvalue weighted by Crippen LogP contribution is 2.56. The molecule has 0 heterocycles. The number of halogens is 1. The lowest BCUT2D eigenvalue weighted by molar-refractivity contribution is 0.418. The third kappa shape index (κ3) is 1.25. The predicted molar refractivity (Wildman–Crippen MR) is 67.7 cm³/mol. The van der Waals surface area contributed by atoms with Crippen LogP contribution in [0.25, 0.3) is 0 Å². The minimum absolute atomic E-state index is 0.586. The fraction of sp³-hybridized carbons (Fsp3) is 0.571. The van der Waals surface area contributed by atoms with Gasteiger partial charge in [-0.05, 0) is 47.3 Å². The van der Waals surface area contributed by atoms with Gasteiger partial charge in [-0.25, -0.2) is 0 Å². The summed E-state index contributed by atoms with van der Waals surface area (Å²) in [6, 6.07) is 6.89. The summed E-state index contributed by atoms with van der Waals surface area (Å²) < 4.78 is 0. The predicted octanol–water partition coefficient (Wildman–Crippen LogP) is 4.75. The van der Waals surface area contributed by atoms with Gasteiger partial charge in [0.05, 0.1) is 0 Å². The quantitative estimate of drug-likeness (QED) is 0.593. The molecular weight excluding hydrogens is 248 g/mol. The van der Waals surface area contributed by atoms with Crippen molar-refractivity contribution in [3.8, 4) is 0 Å². The van der Waals surface area contributed by atoms with Gasteiger partial charge in [0, 0.05) is 4.83 Å². The molecule has 0 aliphatic heterocycles. The van der Waals surface area contributed by atoms with Gasteiger partial charge in [0.15, 0.2) is 0 Å². The van der Waals surface area contributed by atoms with Gasteiger partial charge in [-0.1, -0.05) is 48.0 Å². The summed E-state index contributed by atoms with van der Waals surface area (Å²) in [6.07, 6.45) is 2.75. The van der Waals surface area contributed by atoms with E-state index in [-0.39, 0.29) is 0 Å². The van der Waals surface area contributed by atoms with E-state index >= 15 is 0 Å². The first-order valence-corrected chi connectivity index (χ1v) is 6.88. The van der Waals surface area contributed by atoms with Crippen LogP contribution in [0.15, 0.2) is 18.2 Å². The summed E-state index contributed by atoms with van der Waals surface area (Å²) in [4.78, 5) is 0.586. The highest BCUT2D eigenvalue weighted by molar-refractivity contribution is 9.09. The van der Waals surface area contributed by atoms with Crippen LogP contribution in [-0.2, 0) is 0 Å². The zero-order chi connectivity index (χ0) is 10.6. The first-order valence-electron chi connectivity index (χ1n) is 5.97. The van der Waals surface area contributed by atoms with Crippen molar-refractivity contribution >= 4 is 15.9 Å². The molecule has 0 spiro atoms. The molecule has 0 aromatic heterocycles. The summed E-state index contributed by atoms with van der Waals surface area (Å²) in [7, 11) is 0. The van der Waals surface area contributed by atoms with E-state index in [9.17, 15) is 0 Å². The molecule has 0 radical (unpaired) electrons. The minimum Gasteiger partial charge on any atom is -0.0836 e. The Morgan fingerprint density at radius 1 is 1.13 bits per heavy atom. The average Bonchev–Trinajstić information content (AvgIpc) is 2.50. The summed E-state index contributed by atoms with van der Waals surface area (Å²) in [5.74, 6) is 2.35. The van der Waals surface area contributed by atoms with Crippen molar-refractivity contribution in [1.82, 2.24) is 0 Å². The Labute approximate surface area is 100 Å². The number of hydrogen-bond donors (Lipinski definition) is 0. The molecule has 0 fully saturated rings. The Bertz CT molecular complexity index is 396. The maximum atomic E-state index is 3.87. The molecule has 2 aliphatic carbocycles. The molecule has 0 N–H and O–H groups in total. The van der Waals surface area contributed by atoms with E-state index in [0.717, 1.165) is 17.8 Å². The third-order valence-electron chi connectivity index (χ3n) is 4.38. The number of alkyl halides is 1. The Morgan fingerprint density at radius 2 is 1.87 bits per heavy atom. The van der Waals surface area contributed by atoms with Crippen LogP contribution in [-0.4, -0.2) is 0 Å². The summed E-state index contributed by atoms with van der Waals surface area (Å²) in [5, 5.41) is 0. The maximum absolute atomic E-state index is 3.87. The van der Waals surface area contributed by atoms with Crippen LogP contribution in [0, 0.1) is 5.92 Å². The smallest absolute Gasteiger partial charge is 0.0429 e.